The molecule has 30 heavy (non-hydrogen) atoms. The highest BCUT2D eigenvalue weighted by atomic mass is 16.3. The van der Waals surface area contributed by atoms with E-state index in [4.69, 9.17) is 0 Å². The van der Waals surface area contributed by atoms with Crippen LogP contribution in [0, 0.1) is 0 Å². The van der Waals surface area contributed by atoms with Crippen LogP contribution in [-0.4, -0.2) is 15.3 Å². The maximum atomic E-state index is 10.3. The van der Waals surface area contributed by atoms with Gasteiger partial charge in [-0.05, 0) is 88.7 Å². The Morgan fingerprint density at radius 1 is 0.600 bits per heavy atom. The zero-order chi connectivity index (χ0) is 21.8. The molecule has 2 unspecified atom stereocenters. The normalized spacial score (nSPS) is 13.4. The Morgan fingerprint density at radius 3 is 1.90 bits per heavy atom. The van der Waals surface area contributed by atoms with E-state index in [1.54, 1.807) is 18.2 Å². The minimum absolute atomic E-state index is 0.240. The predicted octanol–water partition coefficient (Wildman–Crippen LogP) is 6.62. The van der Waals surface area contributed by atoms with E-state index < -0.39 is 0 Å². The molecule has 0 fully saturated rings. The largest absolute Gasteiger partial charge is 0.508 e. The molecule has 3 aromatic rings. The van der Waals surface area contributed by atoms with E-state index in [0.29, 0.717) is 11.5 Å². The second kappa shape index (κ2) is 9.25. The van der Waals surface area contributed by atoms with Gasteiger partial charge in [0.2, 0.25) is 0 Å². The molecule has 0 radical (unpaired) electrons. The van der Waals surface area contributed by atoms with Crippen LogP contribution < -0.4 is 0 Å². The minimum Gasteiger partial charge on any atom is -0.508 e. The van der Waals surface area contributed by atoms with Gasteiger partial charge in [-0.2, -0.15) is 0 Å². The third-order valence-corrected chi connectivity index (χ3v) is 5.83. The monoisotopic (exact) mass is 404 g/mol. The lowest BCUT2D eigenvalue weighted by Crippen LogP contribution is -2.03. The Labute approximate surface area is 179 Å². The first kappa shape index (κ1) is 21.8. The van der Waals surface area contributed by atoms with Crippen molar-refractivity contribution in [2.75, 3.05) is 0 Å². The third-order valence-electron chi connectivity index (χ3n) is 5.83. The molecule has 0 spiro atoms. The Balaban J connectivity index is 1.77. The van der Waals surface area contributed by atoms with Gasteiger partial charge < -0.3 is 15.3 Å². The van der Waals surface area contributed by atoms with E-state index in [0.717, 1.165) is 35.1 Å². The summed E-state index contributed by atoms with van der Waals surface area (Å²) in [6.45, 7) is 8.49. The summed E-state index contributed by atoms with van der Waals surface area (Å²) in [5.41, 5.74) is 5.54. The van der Waals surface area contributed by atoms with Crippen molar-refractivity contribution in [3.8, 4) is 17.2 Å². The summed E-state index contributed by atoms with van der Waals surface area (Å²) in [7, 11) is 0. The smallest absolute Gasteiger partial charge is 0.119 e. The molecule has 0 bridgehead atoms. The van der Waals surface area contributed by atoms with Crippen molar-refractivity contribution >= 4 is 0 Å². The third kappa shape index (κ3) is 5.35. The lowest BCUT2D eigenvalue weighted by Gasteiger charge is -2.18. The molecule has 0 aliphatic rings. The van der Waals surface area contributed by atoms with Crippen LogP contribution in [0.1, 0.15) is 73.3 Å². The van der Waals surface area contributed by atoms with E-state index in [9.17, 15) is 15.3 Å². The Kier molecular flexibility index (Phi) is 6.71. The fourth-order valence-corrected chi connectivity index (χ4v) is 4.04. The molecular weight excluding hydrogens is 372 g/mol. The molecular formula is C27H32O3. The van der Waals surface area contributed by atoms with E-state index in [-0.39, 0.29) is 23.5 Å². The van der Waals surface area contributed by atoms with Crippen molar-refractivity contribution in [1.82, 2.24) is 0 Å². The average Bonchev–Trinajstić information content (AvgIpc) is 2.69. The fraction of sp³-hybridized carbons (Fsp3) is 0.333. The summed E-state index contributed by atoms with van der Waals surface area (Å²) in [6, 6.07) is 19.0. The molecule has 0 saturated carbocycles. The van der Waals surface area contributed by atoms with Crippen LogP contribution in [0.4, 0.5) is 0 Å². The summed E-state index contributed by atoms with van der Waals surface area (Å²) < 4.78 is 0. The Hall–Kier alpha value is -2.94. The second-order valence-electron chi connectivity index (χ2n) is 8.78. The molecule has 0 heterocycles. The SMILES string of the molecule is CC(C)c1cc(CC(C)c2cc(O)cc(CC(C)c3ccc(O)cc3)c2)ccc1O. The van der Waals surface area contributed by atoms with Crippen molar-refractivity contribution in [2.45, 2.75) is 58.3 Å². The van der Waals surface area contributed by atoms with Gasteiger partial charge in [0.05, 0.1) is 0 Å². The summed E-state index contributed by atoms with van der Waals surface area (Å²) in [4.78, 5) is 0. The predicted molar refractivity (Wildman–Crippen MR) is 123 cm³/mol. The molecule has 0 amide bonds. The zero-order valence-corrected chi connectivity index (χ0v) is 18.3. The Morgan fingerprint density at radius 2 is 1.23 bits per heavy atom. The van der Waals surface area contributed by atoms with Crippen molar-refractivity contribution in [2.24, 2.45) is 0 Å². The van der Waals surface area contributed by atoms with Crippen LogP contribution in [0.2, 0.25) is 0 Å². The van der Waals surface area contributed by atoms with Crippen molar-refractivity contribution < 1.29 is 15.3 Å². The molecule has 0 aliphatic heterocycles. The van der Waals surface area contributed by atoms with Crippen molar-refractivity contribution in [1.29, 1.82) is 0 Å². The minimum atomic E-state index is 0.240. The molecule has 3 rings (SSSR count). The first-order chi connectivity index (χ1) is 14.2. The van der Waals surface area contributed by atoms with Crippen LogP contribution in [0.25, 0.3) is 0 Å². The lowest BCUT2D eigenvalue weighted by molar-refractivity contribution is 0.464. The fourth-order valence-electron chi connectivity index (χ4n) is 4.04. The lowest BCUT2D eigenvalue weighted by atomic mass is 9.88. The molecule has 3 N–H and O–H groups in total. The van der Waals surface area contributed by atoms with Crippen molar-refractivity contribution in [3.05, 3.63) is 88.5 Å². The number of hydrogen-bond donors (Lipinski definition) is 3. The van der Waals surface area contributed by atoms with Gasteiger partial charge >= 0.3 is 0 Å². The van der Waals surface area contributed by atoms with Crippen LogP contribution in [0.3, 0.4) is 0 Å². The number of phenols is 3. The molecule has 2 atom stereocenters. The quantitative estimate of drug-likeness (QED) is 0.415. The van der Waals surface area contributed by atoms with Gasteiger partial charge in [0.15, 0.2) is 0 Å². The summed E-state index contributed by atoms with van der Waals surface area (Å²) in [6.07, 6.45) is 1.66. The number of benzene rings is 3. The summed E-state index contributed by atoms with van der Waals surface area (Å²) >= 11 is 0. The highest BCUT2D eigenvalue weighted by Crippen LogP contribution is 2.31. The van der Waals surface area contributed by atoms with Gasteiger partial charge in [0.25, 0.3) is 0 Å². The first-order valence-corrected chi connectivity index (χ1v) is 10.7. The maximum absolute atomic E-state index is 10.3. The molecule has 3 heteroatoms. The number of phenolic OH excluding ortho intramolecular Hbond substituents is 3. The van der Waals surface area contributed by atoms with Gasteiger partial charge in [-0.3, -0.25) is 0 Å². The zero-order valence-electron chi connectivity index (χ0n) is 18.3. The van der Waals surface area contributed by atoms with Crippen LogP contribution in [0.5, 0.6) is 17.2 Å². The van der Waals surface area contributed by atoms with Crippen LogP contribution in [0.15, 0.2) is 60.7 Å². The number of rotatable bonds is 7. The average molecular weight is 405 g/mol. The Bertz CT molecular complexity index is 989. The van der Waals surface area contributed by atoms with Crippen LogP contribution in [-0.2, 0) is 12.8 Å². The first-order valence-electron chi connectivity index (χ1n) is 10.7. The van der Waals surface area contributed by atoms with Gasteiger partial charge in [-0.15, -0.1) is 0 Å². The number of aromatic hydroxyl groups is 3. The van der Waals surface area contributed by atoms with E-state index >= 15 is 0 Å². The van der Waals surface area contributed by atoms with E-state index in [1.165, 1.54) is 5.56 Å². The maximum Gasteiger partial charge on any atom is 0.119 e. The van der Waals surface area contributed by atoms with Crippen molar-refractivity contribution in [3.63, 3.8) is 0 Å². The van der Waals surface area contributed by atoms with Gasteiger partial charge in [0.1, 0.15) is 17.2 Å². The molecule has 0 saturated heterocycles. The number of hydrogen-bond acceptors (Lipinski definition) is 3. The van der Waals surface area contributed by atoms with Gasteiger partial charge in [-0.25, -0.2) is 0 Å². The molecule has 158 valence electrons. The topological polar surface area (TPSA) is 60.7 Å². The van der Waals surface area contributed by atoms with Gasteiger partial charge in [0, 0.05) is 0 Å². The van der Waals surface area contributed by atoms with E-state index in [2.05, 4.69) is 39.8 Å². The second-order valence-corrected chi connectivity index (χ2v) is 8.78. The molecule has 3 nitrogen and oxygen atoms in total. The summed E-state index contributed by atoms with van der Waals surface area (Å²) in [5.74, 6) is 1.71. The molecule has 3 aromatic carbocycles. The van der Waals surface area contributed by atoms with Gasteiger partial charge in [-0.1, -0.05) is 58.0 Å². The summed E-state index contributed by atoms with van der Waals surface area (Å²) in [5, 5.41) is 29.9. The molecule has 0 aliphatic carbocycles. The van der Waals surface area contributed by atoms with E-state index in [1.807, 2.05) is 30.3 Å². The van der Waals surface area contributed by atoms with Crippen LogP contribution >= 0.6 is 0 Å². The highest BCUT2D eigenvalue weighted by molar-refractivity contribution is 5.41. The molecule has 0 aromatic heterocycles. The highest BCUT2D eigenvalue weighted by Gasteiger charge is 2.14. The standard InChI is InChI=1S/C27H32O3/c1-17(2)26-15-20(5-10-27(26)30)11-19(4)23-13-21(14-25(29)16-23)12-18(3)22-6-8-24(28)9-7-22/h5-10,13-19,28-30H,11-12H2,1-4H3.